The molecule has 11 heteroatoms. The Balaban J connectivity index is 2.22. The molecule has 0 saturated heterocycles. The second-order valence-corrected chi connectivity index (χ2v) is 5.44. The number of hydrogen-bond acceptors (Lipinski definition) is 6. The van der Waals surface area contributed by atoms with E-state index in [2.05, 4.69) is 20.4 Å². The van der Waals surface area contributed by atoms with Crippen LogP contribution < -0.4 is 10.1 Å². The molecule has 0 amide bonds. The molecule has 0 aromatic carbocycles. The summed E-state index contributed by atoms with van der Waals surface area (Å²) in [6.45, 7) is 0. The van der Waals surface area contributed by atoms with Crippen molar-refractivity contribution >= 4 is 11.5 Å². The zero-order valence-electron chi connectivity index (χ0n) is 14.1. The second-order valence-electron chi connectivity index (χ2n) is 5.44. The van der Waals surface area contributed by atoms with Crippen LogP contribution in [-0.4, -0.2) is 39.9 Å². The van der Waals surface area contributed by atoms with Gasteiger partial charge in [0, 0.05) is 13.1 Å². The molecule has 7 nitrogen and oxygen atoms in total. The van der Waals surface area contributed by atoms with Crippen molar-refractivity contribution in [3.63, 3.8) is 0 Å². The van der Waals surface area contributed by atoms with E-state index in [1.54, 1.807) is 6.07 Å². The highest BCUT2D eigenvalue weighted by molar-refractivity contribution is 5.65. The molecule has 0 atom stereocenters. The Hall–Kier alpha value is -3.42. The normalized spacial score (nSPS) is 11.4. The van der Waals surface area contributed by atoms with Crippen molar-refractivity contribution in [1.29, 1.82) is 5.26 Å². The number of nitrogens with zero attached hydrogens (tertiary/aromatic N) is 5. The molecule has 140 valence electrons. The molecular formula is C16H12F4N6O. The number of ether oxygens (including phenoxy) is 1. The van der Waals surface area contributed by atoms with Gasteiger partial charge in [0.25, 0.3) is 0 Å². The van der Waals surface area contributed by atoms with Gasteiger partial charge in [-0.1, -0.05) is 0 Å². The van der Waals surface area contributed by atoms with E-state index in [0.29, 0.717) is 0 Å². The van der Waals surface area contributed by atoms with E-state index in [1.165, 1.54) is 26.4 Å². The van der Waals surface area contributed by atoms with Crippen molar-refractivity contribution in [2.75, 3.05) is 19.5 Å². The van der Waals surface area contributed by atoms with Crippen LogP contribution in [0.3, 0.4) is 0 Å². The number of fused-ring (bicyclic) bond motifs is 1. The molecule has 3 aromatic rings. The third-order valence-electron chi connectivity index (χ3n) is 3.69. The van der Waals surface area contributed by atoms with Crippen LogP contribution in [0, 0.1) is 17.1 Å². The van der Waals surface area contributed by atoms with Gasteiger partial charge in [-0.2, -0.15) is 23.5 Å². The topological polar surface area (TPSA) is 88.1 Å². The standard InChI is InChI=1S/C16H12F4N6O/c1-22-15-8(6-21)3-9(17)14(24-15)11-7-23-13-4-12(27-2)10(25-26(11)13)5-16(18,19)20/h3-4,7H,5H2,1-2H3,(H,22,24). The average Bonchev–Trinajstić information content (AvgIpc) is 3.01. The van der Waals surface area contributed by atoms with Crippen LogP contribution in [0.15, 0.2) is 18.3 Å². The van der Waals surface area contributed by atoms with Gasteiger partial charge in [-0.15, -0.1) is 0 Å². The number of nitriles is 1. The first-order chi connectivity index (χ1) is 12.8. The molecule has 3 rings (SSSR count). The van der Waals surface area contributed by atoms with Crippen LogP contribution in [0.25, 0.3) is 17.0 Å². The minimum absolute atomic E-state index is 0.0139. The Kier molecular flexibility index (Phi) is 4.57. The number of rotatable bonds is 4. The summed E-state index contributed by atoms with van der Waals surface area (Å²) in [6, 6.07) is 4.06. The van der Waals surface area contributed by atoms with Crippen LogP contribution in [-0.2, 0) is 6.42 Å². The summed E-state index contributed by atoms with van der Waals surface area (Å²) < 4.78 is 58.9. The van der Waals surface area contributed by atoms with Gasteiger partial charge in [0.1, 0.15) is 34.7 Å². The Morgan fingerprint density at radius 2 is 2.07 bits per heavy atom. The molecule has 0 fully saturated rings. The van der Waals surface area contributed by atoms with Crippen LogP contribution in [0.5, 0.6) is 5.75 Å². The van der Waals surface area contributed by atoms with Crippen LogP contribution in [0.2, 0.25) is 0 Å². The molecule has 0 saturated carbocycles. The quantitative estimate of drug-likeness (QED) is 0.700. The number of halogens is 4. The van der Waals surface area contributed by atoms with Gasteiger partial charge < -0.3 is 10.1 Å². The monoisotopic (exact) mass is 380 g/mol. The van der Waals surface area contributed by atoms with Gasteiger partial charge in [-0.3, -0.25) is 0 Å². The molecule has 0 aliphatic carbocycles. The molecule has 0 unspecified atom stereocenters. The molecule has 0 aliphatic heterocycles. The maximum Gasteiger partial charge on any atom is 0.394 e. The molecule has 0 bridgehead atoms. The maximum absolute atomic E-state index is 14.4. The average molecular weight is 380 g/mol. The van der Waals surface area contributed by atoms with Crippen molar-refractivity contribution in [2.24, 2.45) is 0 Å². The fourth-order valence-electron chi connectivity index (χ4n) is 2.53. The fourth-order valence-corrected chi connectivity index (χ4v) is 2.53. The lowest BCUT2D eigenvalue weighted by Gasteiger charge is -2.12. The largest absolute Gasteiger partial charge is 0.495 e. The second kappa shape index (κ2) is 6.71. The molecule has 27 heavy (non-hydrogen) atoms. The van der Waals surface area contributed by atoms with Crippen molar-refractivity contribution in [3.05, 3.63) is 35.4 Å². The van der Waals surface area contributed by atoms with Crippen molar-refractivity contribution in [2.45, 2.75) is 12.6 Å². The number of anilines is 1. The Morgan fingerprint density at radius 3 is 2.67 bits per heavy atom. The first-order valence-electron chi connectivity index (χ1n) is 7.54. The predicted molar refractivity (Wildman–Crippen MR) is 86.7 cm³/mol. The van der Waals surface area contributed by atoms with Gasteiger partial charge >= 0.3 is 6.18 Å². The van der Waals surface area contributed by atoms with Crippen molar-refractivity contribution < 1.29 is 22.3 Å². The number of hydrogen-bond donors (Lipinski definition) is 1. The summed E-state index contributed by atoms with van der Waals surface area (Å²) in [4.78, 5) is 8.07. The number of pyridine rings is 1. The highest BCUT2D eigenvalue weighted by Crippen LogP contribution is 2.30. The smallest absolute Gasteiger partial charge is 0.394 e. The molecule has 0 spiro atoms. The van der Waals surface area contributed by atoms with E-state index in [1.807, 2.05) is 0 Å². The van der Waals surface area contributed by atoms with Crippen LogP contribution in [0.1, 0.15) is 11.3 Å². The summed E-state index contributed by atoms with van der Waals surface area (Å²) >= 11 is 0. The maximum atomic E-state index is 14.4. The Morgan fingerprint density at radius 1 is 1.33 bits per heavy atom. The van der Waals surface area contributed by atoms with Gasteiger partial charge in [-0.05, 0) is 6.07 Å². The molecule has 3 heterocycles. The van der Waals surface area contributed by atoms with E-state index in [-0.39, 0.29) is 39.9 Å². The Bertz CT molecular complexity index is 1050. The minimum Gasteiger partial charge on any atom is -0.495 e. The number of methoxy groups -OCH3 is 1. The molecule has 3 aromatic heterocycles. The SMILES string of the molecule is CNc1nc(-c2cnc3cc(OC)c(CC(F)(F)F)nn23)c(F)cc1C#N. The first kappa shape index (κ1) is 18.4. The lowest BCUT2D eigenvalue weighted by Crippen LogP contribution is -2.15. The number of nitrogens with one attached hydrogen (secondary N) is 1. The number of aromatic nitrogens is 4. The fraction of sp³-hybridized carbons (Fsp3) is 0.250. The summed E-state index contributed by atoms with van der Waals surface area (Å²) in [5.41, 5.74) is -0.403. The lowest BCUT2D eigenvalue weighted by atomic mass is 10.2. The van der Waals surface area contributed by atoms with E-state index in [9.17, 15) is 17.6 Å². The number of alkyl halides is 3. The summed E-state index contributed by atoms with van der Waals surface area (Å²) in [6.07, 6.45) is -4.60. The molecular weight excluding hydrogens is 368 g/mol. The zero-order valence-corrected chi connectivity index (χ0v) is 14.1. The van der Waals surface area contributed by atoms with Crippen molar-refractivity contribution in [3.8, 4) is 23.2 Å². The molecule has 0 radical (unpaired) electrons. The highest BCUT2D eigenvalue weighted by Gasteiger charge is 2.31. The third-order valence-corrected chi connectivity index (χ3v) is 3.69. The van der Waals surface area contributed by atoms with Crippen molar-refractivity contribution in [1.82, 2.24) is 19.6 Å². The van der Waals surface area contributed by atoms with Crippen LogP contribution in [0.4, 0.5) is 23.4 Å². The van der Waals surface area contributed by atoms with Gasteiger partial charge in [0.15, 0.2) is 11.5 Å². The van der Waals surface area contributed by atoms with Gasteiger partial charge in [-0.25, -0.2) is 18.9 Å². The molecule has 1 N–H and O–H groups in total. The van der Waals surface area contributed by atoms with E-state index in [0.717, 1.165) is 10.6 Å². The summed E-state index contributed by atoms with van der Waals surface area (Å²) in [5, 5.41) is 15.6. The van der Waals surface area contributed by atoms with Crippen LogP contribution >= 0.6 is 0 Å². The number of imidazole rings is 1. The highest BCUT2D eigenvalue weighted by atomic mass is 19.4. The third kappa shape index (κ3) is 3.46. The molecule has 0 aliphatic rings. The van der Waals surface area contributed by atoms with E-state index < -0.39 is 18.4 Å². The van der Waals surface area contributed by atoms with Gasteiger partial charge in [0.2, 0.25) is 0 Å². The predicted octanol–water partition coefficient (Wildman–Crippen LogP) is 2.96. The van der Waals surface area contributed by atoms with E-state index in [4.69, 9.17) is 10.00 Å². The van der Waals surface area contributed by atoms with Gasteiger partial charge in [0.05, 0.1) is 25.3 Å². The Labute approximate surface area is 150 Å². The van der Waals surface area contributed by atoms with E-state index >= 15 is 0 Å². The first-order valence-corrected chi connectivity index (χ1v) is 7.54. The zero-order chi connectivity index (χ0) is 19.8. The summed E-state index contributed by atoms with van der Waals surface area (Å²) in [7, 11) is 2.72. The lowest BCUT2D eigenvalue weighted by molar-refractivity contribution is -0.128. The summed E-state index contributed by atoms with van der Waals surface area (Å²) in [5.74, 6) is -0.795. The minimum atomic E-state index is -4.51.